The number of halogens is 1. The molecule has 0 saturated heterocycles. The standard InChI is InChI=1S/C22H20FNO2/c1-24(15-16-6-7-17-4-2-3-5-19(17)14-16)22(26)13-12-21(25)18-8-10-20(23)11-9-18/h2-11,14H,12-13,15H2,1H3. The van der Waals surface area contributed by atoms with Crippen LogP contribution < -0.4 is 0 Å². The topological polar surface area (TPSA) is 37.4 Å². The third-order valence-electron chi connectivity index (χ3n) is 4.39. The van der Waals surface area contributed by atoms with Crippen LogP contribution >= 0.6 is 0 Å². The summed E-state index contributed by atoms with van der Waals surface area (Å²) >= 11 is 0. The molecule has 132 valence electrons. The van der Waals surface area contributed by atoms with Crippen molar-refractivity contribution in [3.8, 4) is 0 Å². The maximum absolute atomic E-state index is 12.9. The fourth-order valence-electron chi connectivity index (χ4n) is 2.89. The molecule has 3 aromatic carbocycles. The molecule has 0 fully saturated rings. The van der Waals surface area contributed by atoms with Crippen molar-refractivity contribution in [3.05, 3.63) is 83.7 Å². The van der Waals surface area contributed by atoms with Gasteiger partial charge >= 0.3 is 0 Å². The van der Waals surface area contributed by atoms with Crippen LogP contribution in [-0.2, 0) is 11.3 Å². The molecule has 0 spiro atoms. The van der Waals surface area contributed by atoms with Crippen molar-refractivity contribution in [2.45, 2.75) is 19.4 Å². The largest absolute Gasteiger partial charge is 0.341 e. The molecular formula is C22H20FNO2. The molecule has 0 aliphatic rings. The van der Waals surface area contributed by atoms with E-state index in [1.54, 1.807) is 11.9 Å². The third-order valence-corrected chi connectivity index (χ3v) is 4.39. The zero-order valence-electron chi connectivity index (χ0n) is 14.6. The van der Waals surface area contributed by atoms with E-state index in [-0.39, 0.29) is 30.3 Å². The first kappa shape index (κ1) is 17.8. The summed E-state index contributed by atoms with van der Waals surface area (Å²) < 4.78 is 12.9. The zero-order valence-corrected chi connectivity index (χ0v) is 14.6. The van der Waals surface area contributed by atoms with Crippen LogP contribution in [0.25, 0.3) is 10.8 Å². The van der Waals surface area contributed by atoms with Gasteiger partial charge in [0, 0.05) is 32.0 Å². The molecule has 3 aromatic rings. The molecule has 0 bridgehead atoms. The molecule has 0 aromatic heterocycles. The highest BCUT2D eigenvalue weighted by molar-refractivity contribution is 5.97. The van der Waals surface area contributed by atoms with E-state index in [2.05, 4.69) is 12.1 Å². The van der Waals surface area contributed by atoms with E-state index in [9.17, 15) is 14.0 Å². The molecule has 0 N–H and O–H groups in total. The number of carbonyl (C=O) groups is 2. The average molecular weight is 349 g/mol. The first-order valence-corrected chi connectivity index (χ1v) is 8.53. The van der Waals surface area contributed by atoms with Gasteiger partial charge in [0.1, 0.15) is 5.82 Å². The van der Waals surface area contributed by atoms with E-state index in [1.165, 1.54) is 24.3 Å². The van der Waals surface area contributed by atoms with E-state index in [0.29, 0.717) is 12.1 Å². The number of rotatable bonds is 6. The minimum Gasteiger partial charge on any atom is -0.341 e. The zero-order chi connectivity index (χ0) is 18.5. The lowest BCUT2D eigenvalue weighted by Crippen LogP contribution is -2.26. The quantitative estimate of drug-likeness (QED) is 0.610. The lowest BCUT2D eigenvalue weighted by molar-refractivity contribution is -0.130. The molecule has 0 atom stereocenters. The van der Waals surface area contributed by atoms with Crippen LogP contribution in [-0.4, -0.2) is 23.6 Å². The summed E-state index contributed by atoms with van der Waals surface area (Å²) in [7, 11) is 1.74. The Morgan fingerprint density at radius 3 is 2.31 bits per heavy atom. The Bertz CT molecular complexity index is 934. The number of benzene rings is 3. The summed E-state index contributed by atoms with van der Waals surface area (Å²) in [5, 5.41) is 2.30. The first-order chi connectivity index (χ1) is 12.5. The van der Waals surface area contributed by atoms with Gasteiger partial charge in [-0.1, -0.05) is 36.4 Å². The van der Waals surface area contributed by atoms with Crippen LogP contribution in [0, 0.1) is 5.82 Å². The molecule has 0 heterocycles. The molecule has 1 amide bonds. The molecule has 0 radical (unpaired) electrons. The molecule has 0 unspecified atom stereocenters. The van der Waals surface area contributed by atoms with E-state index >= 15 is 0 Å². The van der Waals surface area contributed by atoms with Crippen molar-refractivity contribution in [3.63, 3.8) is 0 Å². The Kier molecular flexibility index (Phi) is 5.42. The van der Waals surface area contributed by atoms with Crippen LogP contribution in [0.15, 0.2) is 66.7 Å². The molecule has 3 rings (SSSR count). The number of Topliss-reactive ketones (excluding diaryl/α,β-unsaturated/α-hetero) is 1. The Morgan fingerprint density at radius 2 is 1.58 bits per heavy atom. The maximum atomic E-state index is 12.9. The summed E-state index contributed by atoms with van der Waals surface area (Å²) in [5.41, 5.74) is 1.47. The fourth-order valence-corrected chi connectivity index (χ4v) is 2.89. The molecule has 0 saturated carbocycles. The predicted molar refractivity (Wildman–Crippen MR) is 100 cm³/mol. The van der Waals surface area contributed by atoms with Crippen LogP contribution in [0.4, 0.5) is 4.39 Å². The summed E-state index contributed by atoms with van der Waals surface area (Å²) in [6.45, 7) is 0.494. The number of amides is 1. The number of hydrogen-bond acceptors (Lipinski definition) is 2. The van der Waals surface area contributed by atoms with Crippen molar-refractivity contribution >= 4 is 22.5 Å². The molecule has 3 nitrogen and oxygen atoms in total. The fraction of sp³-hybridized carbons (Fsp3) is 0.182. The molecule has 0 aliphatic carbocycles. The van der Waals surface area contributed by atoms with Crippen molar-refractivity contribution in [1.82, 2.24) is 4.90 Å². The van der Waals surface area contributed by atoms with Gasteiger partial charge < -0.3 is 4.90 Å². The summed E-state index contributed by atoms with van der Waals surface area (Å²) in [4.78, 5) is 26.0. The number of hydrogen-bond donors (Lipinski definition) is 0. The molecule has 26 heavy (non-hydrogen) atoms. The van der Waals surface area contributed by atoms with E-state index in [4.69, 9.17) is 0 Å². The minimum atomic E-state index is -0.382. The van der Waals surface area contributed by atoms with Crippen LogP contribution in [0.3, 0.4) is 0 Å². The van der Waals surface area contributed by atoms with Crippen molar-refractivity contribution in [2.75, 3.05) is 7.05 Å². The highest BCUT2D eigenvalue weighted by atomic mass is 19.1. The number of carbonyl (C=O) groups excluding carboxylic acids is 2. The van der Waals surface area contributed by atoms with Gasteiger partial charge in [-0.15, -0.1) is 0 Å². The second-order valence-corrected chi connectivity index (χ2v) is 6.36. The van der Waals surface area contributed by atoms with Crippen molar-refractivity contribution < 1.29 is 14.0 Å². The Balaban J connectivity index is 1.56. The SMILES string of the molecule is CN(Cc1ccc2ccccc2c1)C(=O)CCC(=O)c1ccc(F)cc1. The van der Waals surface area contributed by atoms with E-state index < -0.39 is 0 Å². The Hall–Kier alpha value is -3.01. The van der Waals surface area contributed by atoms with Gasteiger partial charge in [-0.2, -0.15) is 0 Å². The first-order valence-electron chi connectivity index (χ1n) is 8.53. The maximum Gasteiger partial charge on any atom is 0.223 e. The van der Waals surface area contributed by atoms with E-state index in [1.807, 2.05) is 30.3 Å². The Morgan fingerprint density at radius 1 is 0.885 bits per heavy atom. The smallest absolute Gasteiger partial charge is 0.223 e. The number of ketones is 1. The average Bonchev–Trinajstić information content (AvgIpc) is 2.66. The van der Waals surface area contributed by atoms with Crippen LogP contribution in [0.5, 0.6) is 0 Å². The number of fused-ring (bicyclic) bond motifs is 1. The lowest BCUT2D eigenvalue weighted by atomic mass is 10.1. The molecule has 0 aliphatic heterocycles. The van der Waals surface area contributed by atoms with Crippen molar-refractivity contribution in [1.29, 1.82) is 0 Å². The second kappa shape index (κ2) is 7.91. The summed E-state index contributed by atoms with van der Waals surface area (Å²) in [5.74, 6) is -0.626. The second-order valence-electron chi connectivity index (χ2n) is 6.36. The van der Waals surface area contributed by atoms with Gasteiger partial charge in [-0.05, 0) is 46.7 Å². The Labute approximate surface area is 152 Å². The third kappa shape index (κ3) is 4.33. The predicted octanol–water partition coefficient (Wildman–Crippen LogP) is 4.60. The van der Waals surface area contributed by atoms with Gasteiger partial charge in [0.05, 0.1) is 0 Å². The van der Waals surface area contributed by atoms with Crippen molar-refractivity contribution in [2.24, 2.45) is 0 Å². The summed E-state index contributed by atoms with van der Waals surface area (Å²) in [6, 6.07) is 19.6. The van der Waals surface area contributed by atoms with E-state index in [0.717, 1.165) is 16.3 Å². The van der Waals surface area contributed by atoms with Gasteiger partial charge in [0.2, 0.25) is 5.91 Å². The summed E-state index contributed by atoms with van der Waals surface area (Å²) in [6.07, 6.45) is 0.257. The monoisotopic (exact) mass is 349 g/mol. The normalized spacial score (nSPS) is 10.7. The number of nitrogens with zero attached hydrogens (tertiary/aromatic N) is 1. The van der Waals surface area contributed by atoms with Crippen LogP contribution in [0.2, 0.25) is 0 Å². The van der Waals surface area contributed by atoms with Gasteiger partial charge in [-0.25, -0.2) is 4.39 Å². The lowest BCUT2D eigenvalue weighted by Gasteiger charge is -2.17. The van der Waals surface area contributed by atoms with Crippen LogP contribution in [0.1, 0.15) is 28.8 Å². The highest BCUT2D eigenvalue weighted by Gasteiger charge is 2.13. The van der Waals surface area contributed by atoms with Gasteiger partial charge in [0.15, 0.2) is 5.78 Å². The highest BCUT2D eigenvalue weighted by Crippen LogP contribution is 2.17. The van der Waals surface area contributed by atoms with Gasteiger partial charge in [-0.3, -0.25) is 9.59 Å². The molecular weight excluding hydrogens is 329 g/mol. The molecule has 4 heteroatoms. The minimum absolute atomic E-state index is 0.0892. The van der Waals surface area contributed by atoms with Gasteiger partial charge in [0.25, 0.3) is 0 Å².